The van der Waals surface area contributed by atoms with Gasteiger partial charge in [0.15, 0.2) is 5.69 Å². The number of anilines is 1. The summed E-state index contributed by atoms with van der Waals surface area (Å²) in [6.45, 7) is 2.18. The van der Waals surface area contributed by atoms with Crippen LogP contribution in [0, 0.1) is 0 Å². The largest absolute Gasteiger partial charge is 0.476 e. The second kappa shape index (κ2) is 7.24. The molecule has 1 aromatic carbocycles. The molecule has 1 aliphatic rings. The molecule has 0 saturated heterocycles. The molecule has 130 valence electrons. The Labute approximate surface area is 151 Å². The summed E-state index contributed by atoms with van der Waals surface area (Å²) < 4.78 is 0. The molecule has 0 spiro atoms. The summed E-state index contributed by atoms with van der Waals surface area (Å²) in [4.78, 5) is 39.7. The number of carboxylic acid groups (broad SMARTS) is 1. The maximum absolute atomic E-state index is 12.2. The van der Waals surface area contributed by atoms with E-state index < -0.39 is 5.97 Å². The SMILES string of the molecule is CC1Sc2ccc(C(=O)NCCc3nc(C(=O)O)cs3)cc2NC1=O. The van der Waals surface area contributed by atoms with Gasteiger partial charge >= 0.3 is 5.97 Å². The normalized spacial score (nSPS) is 16.0. The van der Waals surface area contributed by atoms with Gasteiger partial charge in [-0.3, -0.25) is 9.59 Å². The zero-order valence-corrected chi connectivity index (χ0v) is 14.9. The Morgan fingerprint density at radius 3 is 2.92 bits per heavy atom. The van der Waals surface area contributed by atoms with E-state index in [1.807, 2.05) is 13.0 Å². The van der Waals surface area contributed by atoms with E-state index in [2.05, 4.69) is 15.6 Å². The third-order valence-electron chi connectivity index (χ3n) is 3.57. The van der Waals surface area contributed by atoms with Gasteiger partial charge in [-0.2, -0.15) is 0 Å². The lowest BCUT2D eigenvalue weighted by molar-refractivity contribution is -0.115. The molecule has 1 aromatic heterocycles. The van der Waals surface area contributed by atoms with E-state index in [0.29, 0.717) is 29.2 Å². The van der Waals surface area contributed by atoms with Crippen molar-refractivity contribution < 1.29 is 19.5 Å². The molecular weight excluding hydrogens is 362 g/mol. The lowest BCUT2D eigenvalue weighted by Crippen LogP contribution is -2.28. The Hall–Kier alpha value is -2.39. The van der Waals surface area contributed by atoms with Crippen molar-refractivity contribution in [1.29, 1.82) is 0 Å². The number of aromatic carboxylic acids is 1. The highest BCUT2D eigenvalue weighted by Gasteiger charge is 2.23. The first-order chi connectivity index (χ1) is 11.9. The average Bonchev–Trinajstić information content (AvgIpc) is 3.04. The fourth-order valence-corrected chi connectivity index (χ4v) is 3.96. The van der Waals surface area contributed by atoms with Crippen molar-refractivity contribution in [3.63, 3.8) is 0 Å². The van der Waals surface area contributed by atoms with E-state index in [1.165, 1.54) is 28.5 Å². The maximum atomic E-state index is 12.2. The van der Waals surface area contributed by atoms with Gasteiger partial charge < -0.3 is 15.7 Å². The number of rotatable bonds is 5. The molecule has 7 nitrogen and oxygen atoms in total. The quantitative estimate of drug-likeness (QED) is 0.737. The molecule has 25 heavy (non-hydrogen) atoms. The van der Waals surface area contributed by atoms with Crippen molar-refractivity contribution in [2.45, 2.75) is 23.5 Å². The summed E-state index contributed by atoms with van der Waals surface area (Å²) in [6, 6.07) is 5.20. The highest BCUT2D eigenvalue weighted by Crippen LogP contribution is 2.35. The monoisotopic (exact) mass is 377 g/mol. The van der Waals surface area contributed by atoms with E-state index >= 15 is 0 Å². The predicted molar refractivity (Wildman–Crippen MR) is 95.5 cm³/mol. The fraction of sp³-hybridized carbons (Fsp3) is 0.250. The molecule has 3 N–H and O–H groups in total. The predicted octanol–water partition coefficient (Wildman–Crippen LogP) is 2.25. The first-order valence-electron chi connectivity index (χ1n) is 7.51. The van der Waals surface area contributed by atoms with Gasteiger partial charge in [0.1, 0.15) is 0 Å². The van der Waals surface area contributed by atoms with E-state index in [-0.39, 0.29) is 22.8 Å². The van der Waals surface area contributed by atoms with Crippen LogP contribution in [0.1, 0.15) is 32.8 Å². The van der Waals surface area contributed by atoms with Crippen molar-refractivity contribution in [3.05, 3.63) is 39.8 Å². The van der Waals surface area contributed by atoms with Gasteiger partial charge in [0.2, 0.25) is 5.91 Å². The smallest absolute Gasteiger partial charge is 0.355 e. The Morgan fingerprint density at radius 2 is 2.20 bits per heavy atom. The Kier molecular flexibility index (Phi) is 5.05. The van der Waals surface area contributed by atoms with Crippen LogP contribution in [0.5, 0.6) is 0 Å². The van der Waals surface area contributed by atoms with Gasteiger partial charge in [0.05, 0.1) is 15.9 Å². The molecule has 1 unspecified atom stereocenters. The summed E-state index contributed by atoms with van der Waals surface area (Å²) in [5.74, 6) is -1.39. The van der Waals surface area contributed by atoms with Crippen LogP contribution in [0.4, 0.5) is 5.69 Å². The van der Waals surface area contributed by atoms with E-state index in [1.54, 1.807) is 12.1 Å². The zero-order chi connectivity index (χ0) is 18.0. The zero-order valence-electron chi connectivity index (χ0n) is 13.2. The lowest BCUT2D eigenvalue weighted by atomic mass is 10.1. The third kappa shape index (κ3) is 3.99. The Balaban J connectivity index is 1.59. The highest BCUT2D eigenvalue weighted by molar-refractivity contribution is 8.00. The maximum Gasteiger partial charge on any atom is 0.355 e. The number of thiazole rings is 1. The molecule has 2 aromatic rings. The van der Waals surface area contributed by atoms with Gasteiger partial charge in [-0.05, 0) is 25.1 Å². The Morgan fingerprint density at radius 1 is 1.40 bits per heavy atom. The van der Waals surface area contributed by atoms with Crippen LogP contribution in [0.2, 0.25) is 0 Å². The highest BCUT2D eigenvalue weighted by atomic mass is 32.2. The summed E-state index contributed by atoms with van der Waals surface area (Å²) >= 11 is 2.71. The van der Waals surface area contributed by atoms with E-state index in [4.69, 9.17) is 5.11 Å². The summed E-state index contributed by atoms with van der Waals surface area (Å²) in [5.41, 5.74) is 1.12. The first kappa shape index (κ1) is 17.4. The number of benzene rings is 1. The molecule has 0 aliphatic carbocycles. The number of hydrogen-bond acceptors (Lipinski definition) is 6. The van der Waals surface area contributed by atoms with Crippen LogP contribution in [-0.2, 0) is 11.2 Å². The number of aromatic nitrogens is 1. The molecule has 0 saturated carbocycles. The number of carbonyl (C=O) groups excluding carboxylic acids is 2. The molecule has 2 heterocycles. The number of amides is 2. The first-order valence-corrected chi connectivity index (χ1v) is 9.27. The summed E-state index contributed by atoms with van der Waals surface area (Å²) in [5, 5.41) is 16.4. The molecule has 2 amide bonds. The minimum Gasteiger partial charge on any atom is -0.476 e. The third-order valence-corrected chi connectivity index (χ3v) is 5.65. The summed E-state index contributed by atoms with van der Waals surface area (Å²) in [7, 11) is 0. The van der Waals surface area contributed by atoms with Gasteiger partial charge in [0.25, 0.3) is 5.91 Å². The number of hydrogen-bond donors (Lipinski definition) is 3. The molecule has 1 aliphatic heterocycles. The van der Waals surface area contributed by atoms with Crippen molar-refractivity contribution in [2.24, 2.45) is 0 Å². The second-order valence-electron chi connectivity index (χ2n) is 5.40. The number of carbonyl (C=O) groups is 3. The molecule has 0 bridgehead atoms. The minimum atomic E-state index is -1.06. The van der Waals surface area contributed by atoms with Crippen molar-refractivity contribution >= 4 is 46.6 Å². The van der Waals surface area contributed by atoms with Crippen molar-refractivity contribution in [2.75, 3.05) is 11.9 Å². The molecular formula is C16H15N3O4S2. The van der Waals surface area contributed by atoms with Crippen LogP contribution < -0.4 is 10.6 Å². The van der Waals surface area contributed by atoms with Gasteiger partial charge in [-0.1, -0.05) is 0 Å². The van der Waals surface area contributed by atoms with Crippen LogP contribution in [0.25, 0.3) is 0 Å². The standard InChI is InChI=1S/C16H15N3O4S2/c1-8-14(20)19-10-6-9(2-3-12(10)25-8)15(21)17-5-4-13-18-11(7-24-13)16(22)23/h2-3,6-8H,4-5H2,1H3,(H,17,21)(H,19,20)(H,22,23). The number of thioether (sulfide) groups is 1. The molecule has 3 rings (SSSR count). The molecule has 1 atom stereocenters. The van der Waals surface area contributed by atoms with Gasteiger partial charge in [-0.15, -0.1) is 23.1 Å². The van der Waals surface area contributed by atoms with Crippen LogP contribution >= 0.6 is 23.1 Å². The molecule has 0 radical (unpaired) electrons. The molecule has 0 fully saturated rings. The van der Waals surface area contributed by atoms with Crippen LogP contribution in [0.3, 0.4) is 0 Å². The van der Waals surface area contributed by atoms with Gasteiger partial charge in [-0.25, -0.2) is 9.78 Å². The number of nitrogens with one attached hydrogen (secondary N) is 2. The molecule has 9 heteroatoms. The van der Waals surface area contributed by atoms with Crippen molar-refractivity contribution in [1.82, 2.24) is 10.3 Å². The topological polar surface area (TPSA) is 108 Å². The van der Waals surface area contributed by atoms with E-state index in [9.17, 15) is 14.4 Å². The summed E-state index contributed by atoms with van der Waals surface area (Å²) in [6.07, 6.45) is 0.457. The second-order valence-corrected chi connectivity index (χ2v) is 7.72. The van der Waals surface area contributed by atoms with Gasteiger partial charge in [0, 0.05) is 28.8 Å². The lowest BCUT2D eigenvalue weighted by Gasteiger charge is -2.21. The number of carboxylic acids is 1. The van der Waals surface area contributed by atoms with Crippen LogP contribution in [-0.4, -0.2) is 39.7 Å². The Bertz CT molecular complexity index is 850. The van der Waals surface area contributed by atoms with Crippen LogP contribution in [0.15, 0.2) is 28.5 Å². The fourth-order valence-electron chi connectivity index (χ4n) is 2.26. The number of nitrogens with zero attached hydrogens (tertiary/aromatic N) is 1. The minimum absolute atomic E-state index is 0.0171. The number of fused-ring (bicyclic) bond motifs is 1. The van der Waals surface area contributed by atoms with E-state index in [0.717, 1.165) is 4.90 Å². The average molecular weight is 377 g/mol. The van der Waals surface area contributed by atoms with Crippen molar-refractivity contribution in [3.8, 4) is 0 Å².